The minimum atomic E-state index is -4.06. The van der Waals surface area contributed by atoms with Crippen LogP contribution in [0.3, 0.4) is 0 Å². The summed E-state index contributed by atoms with van der Waals surface area (Å²) in [7, 11) is 0. The van der Waals surface area contributed by atoms with Gasteiger partial charge in [-0.1, -0.05) is 11.6 Å². The lowest BCUT2D eigenvalue weighted by atomic mass is 10.1. The maximum Gasteiger partial charge on any atom is 0.586 e. The molecule has 36 heavy (non-hydrogen) atoms. The highest BCUT2D eigenvalue weighted by molar-refractivity contribution is 9.10. The monoisotopic (exact) mass is 597 g/mol. The van der Waals surface area contributed by atoms with Crippen molar-refractivity contribution < 1.29 is 45.8 Å². The van der Waals surface area contributed by atoms with Crippen LogP contribution in [0.1, 0.15) is 20.8 Å². The molecule has 190 valence electrons. The van der Waals surface area contributed by atoms with Crippen molar-refractivity contribution in [1.29, 1.82) is 0 Å². The van der Waals surface area contributed by atoms with Crippen molar-refractivity contribution in [2.75, 3.05) is 5.32 Å². The number of carbonyl (C=O) groups is 2. The van der Waals surface area contributed by atoms with Crippen LogP contribution < -0.4 is 25.3 Å². The molecule has 3 N–H and O–H groups in total. The number of carbonyl (C=O) groups excluding carboxylic acids is 2. The Morgan fingerprint density at radius 2 is 1.97 bits per heavy atom. The molecule has 0 radical (unpaired) electrons. The van der Waals surface area contributed by atoms with Gasteiger partial charge in [-0.25, -0.2) is 18.4 Å². The summed E-state index contributed by atoms with van der Waals surface area (Å²) in [5.74, 6) is -4.26. The Morgan fingerprint density at radius 3 is 2.61 bits per heavy atom. The summed E-state index contributed by atoms with van der Waals surface area (Å²) in [5, 5.41) is 5.96. The lowest BCUT2D eigenvalue weighted by molar-refractivity contribution is -0.286. The predicted molar refractivity (Wildman–Crippen MR) is 115 cm³/mol. The van der Waals surface area contributed by atoms with Gasteiger partial charge in [0.25, 0.3) is 18.2 Å². The van der Waals surface area contributed by atoms with Crippen molar-refractivity contribution in [3.05, 3.63) is 51.2 Å². The first-order valence-electron chi connectivity index (χ1n) is 9.41. The minimum absolute atomic E-state index is 0.0452. The third-order valence-electron chi connectivity index (χ3n) is 4.43. The van der Waals surface area contributed by atoms with E-state index in [1.165, 1.54) is 18.3 Å². The Labute approximate surface area is 210 Å². The normalized spacial score (nSPS) is 14.6. The van der Waals surface area contributed by atoms with Crippen molar-refractivity contribution >= 4 is 45.0 Å². The number of alkyl halides is 5. The van der Waals surface area contributed by atoms with E-state index in [1.54, 1.807) is 0 Å². The summed E-state index contributed by atoms with van der Waals surface area (Å²) in [6.07, 6.45) is -9.39. The number of halogens is 7. The Balaban J connectivity index is 1.78. The summed E-state index contributed by atoms with van der Waals surface area (Å²) < 4.78 is 79.3. The van der Waals surface area contributed by atoms with E-state index in [1.807, 2.05) is 0 Å². The zero-order chi connectivity index (χ0) is 26.4. The first kappa shape index (κ1) is 25.4. The highest BCUT2D eigenvalue weighted by atomic mass is 79.9. The minimum Gasteiger partial charge on any atom is -0.436 e. The molecule has 0 aliphatic carbocycles. The molecule has 2 amide bonds. The molecule has 1 unspecified atom stereocenters. The molecular formula is C19H10BrClF5N5O5. The number of nitrogens with one attached hydrogen (secondary N) is 1. The quantitative estimate of drug-likeness (QED) is 0.388. The second kappa shape index (κ2) is 9.42. The zero-order valence-electron chi connectivity index (χ0n) is 17.1. The SMILES string of the molecule is NC(=O)c1cc2c(c(Br)c1NC(=O)c1cc(OC(F)C(F)F)nn1-c1ncccc1Cl)OC(F)(F)O2. The van der Waals surface area contributed by atoms with Crippen LogP contribution in [-0.2, 0) is 0 Å². The Hall–Kier alpha value is -3.66. The number of fused-ring (bicyclic) bond motifs is 1. The van der Waals surface area contributed by atoms with Crippen LogP contribution in [0.5, 0.6) is 17.4 Å². The van der Waals surface area contributed by atoms with Crippen molar-refractivity contribution in [1.82, 2.24) is 14.8 Å². The van der Waals surface area contributed by atoms with Crippen molar-refractivity contribution in [3.8, 4) is 23.2 Å². The van der Waals surface area contributed by atoms with Gasteiger partial charge in [0.15, 0.2) is 17.3 Å². The van der Waals surface area contributed by atoms with Crippen LogP contribution in [0.4, 0.5) is 27.6 Å². The van der Waals surface area contributed by atoms with Gasteiger partial charge in [-0.05, 0) is 34.1 Å². The Bertz CT molecular complexity index is 1370. The van der Waals surface area contributed by atoms with Crippen LogP contribution in [0.2, 0.25) is 5.02 Å². The van der Waals surface area contributed by atoms with Gasteiger partial charge in [0, 0.05) is 12.3 Å². The maximum absolute atomic E-state index is 13.6. The molecule has 1 aromatic carbocycles. The predicted octanol–water partition coefficient (Wildman–Crippen LogP) is 4.30. The maximum atomic E-state index is 13.6. The third kappa shape index (κ3) is 4.86. The van der Waals surface area contributed by atoms with Crippen molar-refractivity contribution in [2.24, 2.45) is 5.73 Å². The number of pyridine rings is 1. The van der Waals surface area contributed by atoms with E-state index in [4.69, 9.17) is 17.3 Å². The molecule has 10 nitrogen and oxygen atoms in total. The summed E-state index contributed by atoms with van der Waals surface area (Å²) in [4.78, 5) is 29.1. The molecule has 0 saturated heterocycles. The number of hydrogen-bond acceptors (Lipinski definition) is 7. The van der Waals surface area contributed by atoms with Crippen molar-refractivity contribution in [2.45, 2.75) is 19.1 Å². The first-order valence-corrected chi connectivity index (χ1v) is 10.6. The number of nitrogens with two attached hydrogens (primary N) is 1. The van der Waals surface area contributed by atoms with Crippen LogP contribution >= 0.6 is 27.5 Å². The standard InChI is InChI=1S/C19H10BrClF5N5O5/c20-11-12(6(16(27)32)4-9-13(11)36-19(25,26)35-9)29-18(33)8-5-10(34-15(24)14(22)23)30-31(8)17-7(21)2-1-3-28-17/h1-5,14-15H,(H2,27,32)(H,29,33). The summed E-state index contributed by atoms with van der Waals surface area (Å²) in [6.45, 7) is 0. The average Bonchev–Trinajstić information content (AvgIpc) is 3.35. The zero-order valence-corrected chi connectivity index (χ0v) is 19.5. The number of anilines is 1. The van der Waals surface area contributed by atoms with Gasteiger partial charge in [0.05, 0.1) is 20.7 Å². The van der Waals surface area contributed by atoms with Gasteiger partial charge in [0.2, 0.25) is 5.88 Å². The van der Waals surface area contributed by atoms with E-state index in [0.717, 1.165) is 16.8 Å². The van der Waals surface area contributed by atoms with Crippen LogP contribution in [-0.4, -0.2) is 45.7 Å². The largest absolute Gasteiger partial charge is 0.586 e. The van der Waals surface area contributed by atoms with E-state index in [-0.39, 0.29) is 15.3 Å². The molecule has 3 aromatic rings. The lowest BCUT2D eigenvalue weighted by Gasteiger charge is -2.13. The average molecular weight is 599 g/mol. The summed E-state index contributed by atoms with van der Waals surface area (Å²) >= 11 is 9.04. The molecule has 4 rings (SSSR count). The number of aromatic nitrogens is 3. The van der Waals surface area contributed by atoms with E-state index in [0.29, 0.717) is 0 Å². The number of hydrogen-bond donors (Lipinski definition) is 2. The van der Waals surface area contributed by atoms with E-state index >= 15 is 0 Å². The fraction of sp³-hybridized carbons (Fsp3) is 0.158. The van der Waals surface area contributed by atoms with Gasteiger partial charge < -0.3 is 25.3 Å². The molecule has 3 heterocycles. The van der Waals surface area contributed by atoms with E-state index in [9.17, 15) is 31.5 Å². The number of rotatable bonds is 7. The number of amides is 2. The van der Waals surface area contributed by atoms with Gasteiger partial charge in [-0.15, -0.1) is 13.9 Å². The van der Waals surface area contributed by atoms with Crippen LogP contribution in [0.25, 0.3) is 5.82 Å². The second-order valence-electron chi connectivity index (χ2n) is 6.82. The highest BCUT2D eigenvalue weighted by Crippen LogP contribution is 2.50. The van der Waals surface area contributed by atoms with E-state index in [2.05, 4.69) is 45.5 Å². The number of ether oxygens (including phenoxy) is 3. The second-order valence-corrected chi connectivity index (χ2v) is 8.02. The first-order chi connectivity index (χ1) is 16.9. The smallest absolute Gasteiger partial charge is 0.436 e. The molecule has 0 spiro atoms. The molecule has 0 bridgehead atoms. The van der Waals surface area contributed by atoms with Gasteiger partial charge in [-0.3, -0.25) is 9.59 Å². The third-order valence-corrected chi connectivity index (χ3v) is 5.48. The van der Waals surface area contributed by atoms with Crippen molar-refractivity contribution in [3.63, 3.8) is 0 Å². The molecule has 0 saturated carbocycles. The highest BCUT2D eigenvalue weighted by Gasteiger charge is 2.46. The molecule has 0 fully saturated rings. The fourth-order valence-electron chi connectivity index (χ4n) is 2.98. The van der Waals surface area contributed by atoms with E-state index < -0.39 is 65.2 Å². The molecular weight excluding hydrogens is 589 g/mol. The van der Waals surface area contributed by atoms with Crippen LogP contribution in [0.15, 0.2) is 34.9 Å². The molecule has 17 heteroatoms. The molecule has 2 aromatic heterocycles. The number of benzene rings is 1. The molecule has 1 atom stereocenters. The number of nitrogens with zero attached hydrogens (tertiary/aromatic N) is 3. The van der Waals surface area contributed by atoms with Gasteiger partial charge in [-0.2, -0.15) is 4.39 Å². The number of primary amides is 1. The molecule has 1 aliphatic rings. The topological polar surface area (TPSA) is 131 Å². The van der Waals surface area contributed by atoms with Gasteiger partial charge in [0.1, 0.15) is 5.69 Å². The van der Waals surface area contributed by atoms with Crippen LogP contribution in [0, 0.1) is 0 Å². The molecule has 1 aliphatic heterocycles. The van der Waals surface area contributed by atoms with Gasteiger partial charge >= 0.3 is 12.7 Å². The summed E-state index contributed by atoms with van der Waals surface area (Å²) in [6, 6.07) is 4.41. The Morgan fingerprint density at radius 1 is 1.25 bits per heavy atom. The summed E-state index contributed by atoms with van der Waals surface area (Å²) in [5.41, 5.74) is 3.95. The lowest BCUT2D eigenvalue weighted by Crippen LogP contribution is -2.26. The fourth-order valence-corrected chi connectivity index (χ4v) is 3.77. The Kier molecular flexibility index (Phi) is 6.66.